The number of carbonyl (C=O) groups excluding carboxylic acids is 1. The lowest BCUT2D eigenvalue weighted by molar-refractivity contribution is 0.0943. The number of halogens is 2. The van der Waals surface area contributed by atoms with Gasteiger partial charge in [-0.3, -0.25) is 4.79 Å². The molecule has 0 aliphatic heterocycles. The fourth-order valence-corrected chi connectivity index (χ4v) is 1.97. The van der Waals surface area contributed by atoms with Gasteiger partial charge in [-0.2, -0.15) is 0 Å². The molecule has 0 bridgehead atoms. The van der Waals surface area contributed by atoms with Gasteiger partial charge in [-0.15, -0.1) is 17.5 Å². The predicted molar refractivity (Wildman–Crippen MR) is 88.7 cm³/mol. The first-order chi connectivity index (χ1) is 10.5. The lowest BCUT2D eigenvalue weighted by Gasteiger charge is -2.07. The number of nitrogens with zero attached hydrogens (tertiary/aromatic N) is 3. The minimum atomic E-state index is -0.364. The van der Waals surface area contributed by atoms with Crippen molar-refractivity contribution >= 4 is 18.3 Å². The van der Waals surface area contributed by atoms with Gasteiger partial charge >= 0.3 is 0 Å². The van der Waals surface area contributed by atoms with E-state index in [-0.39, 0.29) is 35.9 Å². The van der Waals surface area contributed by atoms with Crippen molar-refractivity contribution in [2.75, 3.05) is 13.1 Å². The number of nitrogens with one attached hydrogen (secondary N) is 1. The van der Waals surface area contributed by atoms with Crippen molar-refractivity contribution in [2.24, 2.45) is 5.73 Å². The molecule has 0 aliphatic rings. The molecule has 0 radical (unpaired) electrons. The summed E-state index contributed by atoms with van der Waals surface area (Å²) in [5, 5.41) is 6.93. The van der Waals surface area contributed by atoms with Crippen molar-refractivity contribution in [1.82, 2.24) is 20.1 Å². The maximum atomic E-state index is 13.4. The van der Waals surface area contributed by atoms with Crippen molar-refractivity contribution in [2.45, 2.75) is 26.2 Å². The molecule has 0 saturated heterocycles. The quantitative estimate of drug-likeness (QED) is 0.787. The van der Waals surface area contributed by atoms with Crippen molar-refractivity contribution in [3.8, 4) is 5.69 Å². The molecule has 1 heterocycles. The van der Waals surface area contributed by atoms with E-state index in [2.05, 4.69) is 15.4 Å². The average Bonchev–Trinajstić information content (AvgIpc) is 2.93. The fourth-order valence-electron chi connectivity index (χ4n) is 1.97. The highest BCUT2D eigenvalue weighted by Crippen LogP contribution is 2.18. The Kier molecular flexibility index (Phi) is 7.12. The summed E-state index contributed by atoms with van der Waals surface area (Å²) >= 11 is 0. The van der Waals surface area contributed by atoms with E-state index in [9.17, 15) is 9.18 Å². The Labute approximate surface area is 140 Å². The fraction of sp³-hybridized carbons (Fsp3) is 0.400. The van der Waals surface area contributed by atoms with Crippen molar-refractivity contribution in [3.63, 3.8) is 0 Å². The highest BCUT2D eigenvalue weighted by molar-refractivity contribution is 5.90. The maximum absolute atomic E-state index is 13.4. The van der Waals surface area contributed by atoms with Crippen LogP contribution >= 0.6 is 12.4 Å². The van der Waals surface area contributed by atoms with E-state index in [4.69, 9.17) is 5.73 Å². The van der Waals surface area contributed by atoms with E-state index >= 15 is 0 Å². The minimum Gasteiger partial charge on any atom is -0.349 e. The second-order valence-corrected chi connectivity index (χ2v) is 5.24. The summed E-state index contributed by atoms with van der Waals surface area (Å²) in [4.78, 5) is 16.3. The molecule has 0 fully saturated rings. The molecule has 1 amide bonds. The third kappa shape index (κ3) is 4.74. The smallest absolute Gasteiger partial charge is 0.290 e. The van der Waals surface area contributed by atoms with Crippen LogP contribution in [0, 0.1) is 5.82 Å². The zero-order chi connectivity index (χ0) is 16.1. The Morgan fingerprint density at radius 1 is 1.43 bits per heavy atom. The monoisotopic (exact) mass is 341 g/mol. The van der Waals surface area contributed by atoms with Crippen LogP contribution in [0.2, 0.25) is 0 Å². The lowest BCUT2D eigenvalue weighted by atomic mass is 10.2. The average molecular weight is 342 g/mol. The number of carbonyl (C=O) groups is 1. The third-order valence-corrected chi connectivity index (χ3v) is 3.07. The van der Waals surface area contributed by atoms with Crippen LogP contribution in [0.25, 0.3) is 5.69 Å². The molecule has 0 saturated carbocycles. The Hall–Kier alpha value is -1.99. The van der Waals surface area contributed by atoms with Crippen LogP contribution in [0.1, 0.15) is 42.6 Å². The molecule has 3 N–H and O–H groups in total. The highest BCUT2D eigenvalue weighted by atomic mass is 35.5. The summed E-state index contributed by atoms with van der Waals surface area (Å²) in [7, 11) is 0. The standard InChI is InChI=1S/C15H20FN5O.ClH/c1-10(2)14-19-13(15(22)18-8-4-7-17)20-21(14)12-6-3-5-11(16)9-12;/h3,5-6,9-10H,4,7-8,17H2,1-2H3,(H,18,22);1H. The van der Waals surface area contributed by atoms with Crippen LogP contribution in [-0.2, 0) is 0 Å². The van der Waals surface area contributed by atoms with Crippen LogP contribution < -0.4 is 11.1 Å². The van der Waals surface area contributed by atoms with Gasteiger partial charge in [-0.25, -0.2) is 14.1 Å². The van der Waals surface area contributed by atoms with Gasteiger partial charge in [0.1, 0.15) is 11.6 Å². The summed E-state index contributed by atoms with van der Waals surface area (Å²) in [5.41, 5.74) is 5.93. The second kappa shape index (κ2) is 8.59. The van der Waals surface area contributed by atoms with E-state index in [1.807, 2.05) is 13.8 Å². The number of amides is 1. The van der Waals surface area contributed by atoms with Crippen LogP contribution in [0.5, 0.6) is 0 Å². The second-order valence-electron chi connectivity index (χ2n) is 5.24. The van der Waals surface area contributed by atoms with Crippen molar-refractivity contribution in [1.29, 1.82) is 0 Å². The normalized spacial score (nSPS) is 10.5. The summed E-state index contributed by atoms with van der Waals surface area (Å²) in [5.74, 6) is 0.00285. The van der Waals surface area contributed by atoms with Crippen LogP contribution in [-0.4, -0.2) is 33.8 Å². The molecule has 0 spiro atoms. The summed E-state index contributed by atoms with van der Waals surface area (Å²) in [6.45, 7) is 4.86. The molecule has 1 aromatic heterocycles. The van der Waals surface area contributed by atoms with Gasteiger partial charge < -0.3 is 11.1 Å². The van der Waals surface area contributed by atoms with Crippen molar-refractivity contribution < 1.29 is 9.18 Å². The molecule has 126 valence electrons. The van der Waals surface area contributed by atoms with Gasteiger partial charge in [-0.05, 0) is 31.2 Å². The SMILES string of the molecule is CC(C)c1nc(C(=O)NCCCN)nn1-c1cccc(F)c1.Cl. The zero-order valence-corrected chi connectivity index (χ0v) is 13.9. The number of hydrogen-bond acceptors (Lipinski definition) is 4. The molecule has 0 atom stereocenters. The Morgan fingerprint density at radius 3 is 2.78 bits per heavy atom. The zero-order valence-electron chi connectivity index (χ0n) is 13.1. The van der Waals surface area contributed by atoms with Gasteiger partial charge in [0.15, 0.2) is 0 Å². The number of nitrogens with two attached hydrogens (primary N) is 1. The highest BCUT2D eigenvalue weighted by Gasteiger charge is 2.19. The molecule has 8 heteroatoms. The summed E-state index contributed by atoms with van der Waals surface area (Å²) < 4.78 is 14.9. The first-order valence-electron chi connectivity index (χ1n) is 7.24. The Morgan fingerprint density at radius 2 is 2.17 bits per heavy atom. The molecule has 6 nitrogen and oxygen atoms in total. The Bertz CT molecular complexity index is 659. The van der Waals surface area contributed by atoms with E-state index in [1.54, 1.807) is 12.1 Å². The van der Waals surface area contributed by atoms with E-state index in [0.29, 0.717) is 31.0 Å². The molecule has 1 aromatic carbocycles. The first-order valence-corrected chi connectivity index (χ1v) is 7.24. The number of rotatable bonds is 6. The Balaban J connectivity index is 0.00000264. The van der Waals surface area contributed by atoms with Gasteiger partial charge in [0.25, 0.3) is 5.91 Å². The lowest BCUT2D eigenvalue weighted by Crippen LogP contribution is -2.27. The van der Waals surface area contributed by atoms with E-state index in [0.717, 1.165) is 0 Å². The van der Waals surface area contributed by atoms with Crippen LogP contribution in [0.15, 0.2) is 24.3 Å². The van der Waals surface area contributed by atoms with Crippen LogP contribution in [0.3, 0.4) is 0 Å². The van der Waals surface area contributed by atoms with Crippen LogP contribution in [0.4, 0.5) is 4.39 Å². The van der Waals surface area contributed by atoms with E-state index < -0.39 is 0 Å². The summed E-state index contributed by atoms with van der Waals surface area (Å²) in [6, 6.07) is 6.03. The molecule has 2 rings (SSSR count). The molecule has 2 aromatic rings. The summed E-state index contributed by atoms with van der Waals surface area (Å²) in [6.07, 6.45) is 0.688. The van der Waals surface area contributed by atoms with Gasteiger partial charge in [0, 0.05) is 12.5 Å². The molecular formula is C15H21ClFN5O. The van der Waals surface area contributed by atoms with E-state index in [1.165, 1.54) is 16.8 Å². The number of benzene rings is 1. The molecular weight excluding hydrogens is 321 g/mol. The third-order valence-electron chi connectivity index (χ3n) is 3.07. The molecule has 0 aliphatic carbocycles. The predicted octanol–water partition coefficient (Wildman–Crippen LogP) is 2.03. The topological polar surface area (TPSA) is 85.8 Å². The van der Waals surface area contributed by atoms with Crippen molar-refractivity contribution in [3.05, 3.63) is 41.7 Å². The number of hydrogen-bond donors (Lipinski definition) is 2. The first kappa shape index (κ1) is 19.1. The van der Waals surface area contributed by atoms with Gasteiger partial charge in [0.2, 0.25) is 5.82 Å². The number of aromatic nitrogens is 3. The van der Waals surface area contributed by atoms with Gasteiger partial charge in [-0.1, -0.05) is 19.9 Å². The minimum absolute atomic E-state index is 0. The largest absolute Gasteiger partial charge is 0.349 e. The van der Waals surface area contributed by atoms with Gasteiger partial charge in [0.05, 0.1) is 5.69 Å². The molecule has 23 heavy (non-hydrogen) atoms. The molecule has 0 unspecified atom stereocenters. The maximum Gasteiger partial charge on any atom is 0.290 e.